The molecule has 0 aromatic heterocycles. The summed E-state index contributed by atoms with van der Waals surface area (Å²) in [6.45, 7) is 1.92. The van der Waals surface area contributed by atoms with E-state index in [0.29, 0.717) is 40.7 Å². The van der Waals surface area contributed by atoms with Crippen LogP contribution in [0.1, 0.15) is 31.7 Å². The fraction of sp³-hybridized carbons (Fsp3) is 0.250. The van der Waals surface area contributed by atoms with Gasteiger partial charge < -0.3 is 10.6 Å². The molecule has 0 radical (unpaired) electrons. The summed E-state index contributed by atoms with van der Waals surface area (Å²) in [5, 5.41) is 8.57. The molecule has 0 spiro atoms. The second-order valence-corrected chi connectivity index (χ2v) is 7.41. The van der Waals surface area contributed by atoms with Crippen LogP contribution in [0.4, 0.5) is 16.2 Å². The van der Waals surface area contributed by atoms with Gasteiger partial charge in [-0.1, -0.05) is 42.3 Å². The highest BCUT2D eigenvalue weighted by atomic mass is 35.5. The van der Waals surface area contributed by atoms with Crippen molar-refractivity contribution in [3.63, 3.8) is 0 Å². The Labute approximate surface area is 172 Å². The topological polar surface area (TPSA) is 87.3 Å². The summed E-state index contributed by atoms with van der Waals surface area (Å²) in [7, 11) is 0. The van der Waals surface area contributed by atoms with Crippen LogP contribution in [0, 0.1) is 0 Å². The number of rotatable bonds is 4. The third kappa shape index (κ3) is 4.13. The van der Waals surface area contributed by atoms with Crippen LogP contribution in [0.5, 0.6) is 0 Å². The van der Waals surface area contributed by atoms with E-state index >= 15 is 0 Å². The van der Waals surface area contributed by atoms with E-state index in [1.165, 1.54) is 0 Å². The number of hydrogen-bond donors (Lipinski definition) is 3. The molecule has 0 saturated carbocycles. The number of hydrogen-bond acceptors (Lipinski definition) is 3. The molecule has 2 aromatic rings. The van der Waals surface area contributed by atoms with Crippen molar-refractivity contribution in [2.75, 3.05) is 10.6 Å². The van der Waals surface area contributed by atoms with Crippen molar-refractivity contribution in [3.05, 3.63) is 58.1 Å². The number of benzene rings is 2. The van der Waals surface area contributed by atoms with Crippen molar-refractivity contribution in [3.8, 4) is 0 Å². The molecule has 1 aliphatic heterocycles. The predicted molar refractivity (Wildman–Crippen MR) is 110 cm³/mol. The van der Waals surface area contributed by atoms with Gasteiger partial charge in [0.05, 0.1) is 15.5 Å². The Kier molecular flexibility index (Phi) is 5.91. The summed E-state index contributed by atoms with van der Waals surface area (Å²) in [4.78, 5) is 36.1. The fourth-order valence-electron chi connectivity index (χ4n) is 3.31. The zero-order valence-electron chi connectivity index (χ0n) is 15.1. The molecule has 3 rings (SSSR count). The molecule has 1 aliphatic rings. The van der Waals surface area contributed by atoms with E-state index in [1.807, 2.05) is 6.92 Å². The zero-order chi connectivity index (χ0) is 20.3. The van der Waals surface area contributed by atoms with Crippen molar-refractivity contribution in [2.24, 2.45) is 0 Å². The van der Waals surface area contributed by atoms with Crippen LogP contribution in [0.3, 0.4) is 0 Å². The van der Waals surface area contributed by atoms with Crippen LogP contribution in [-0.2, 0) is 15.0 Å². The van der Waals surface area contributed by atoms with E-state index < -0.39 is 11.4 Å². The van der Waals surface area contributed by atoms with Gasteiger partial charge in [-0.25, -0.2) is 4.79 Å². The van der Waals surface area contributed by atoms with E-state index in [4.69, 9.17) is 23.2 Å². The van der Waals surface area contributed by atoms with Crippen molar-refractivity contribution >= 4 is 52.4 Å². The van der Waals surface area contributed by atoms with Gasteiger partial charge in [-0.05, 0) is 48.7 Å². The number of amides is 4. The average molecular weight is 420 g/mol. The SMILES string of the molecule is CCC1(c2ccc(NC(=O)Nc3ccc(Cl)c(Cl)c3)cc2)CCC(=O)NC1=O. The smallest absolute Gasteiger partial charge is 0.308 e. The summed E-state index contributed by atoms with van der Waals surface area (Å²) < 4.78 is 0. The Morgan fingerprint density at radius 2 is 1.68 bits per heavy atom. The van der Waals surface area contributed by atoms with Gasteiger partial charge in [0.2, 0.25) is 11.8 Å². The lowest BCUT2D eigenvalue weighted by molar-refractivity contribution is -0.138. The van der Waals surface area contributed by atoms with Gasteiger partial charge in [0.15, 0.2) is 0 Å². The summed E-state index contributed by atoms with van der Waals surface area (Å²) in [6.07, 6.45) is 1.36. The van der Waals surface area contributed by atoms with Crippen LogP contribution >= 0.6 is 23.2 Å². The number of anilines is 2. The maximum Gasteiger partial charge on any atom is 0.323 e. The first-order chi connectivity index (χ1) is 13.3. The molecule has 1 unspecified atom stereocenters. The van der Waals surface area contributed by atoms with Gasteiger partial charge in [0, 0.05) is 17.8 Å². The quantitative estimate of drug-likeness (QED) is 0.626. The first-order valence-corrected chi connectivity index (χ1v) is 9.57. The summed E-state index contributed by atoms with van der Waals surface area (Å²) in [5.41, 5.74) is 1.17. The van der Waals surface area contributed by atoms with Crippen molar-refractivity contribution in [1.82, 2.24) is 5.32 Å². The fourth-order valence-corrected chi connectivity index (χ4v) is 3.60. The third-order valence-corrected chi connectivity index (χ3v) is 5.68. The molecule has 3 N–H and O–H groups in total. The van der Waals surface area contributed by atoms with Crippen LogP contribution in [-0.4, -0.2) is 17.8 Å². The van der Waals surface area contributed by atoms with Crippen molar-refractivity contribution in [2.45, 2.75) is 31.6 Å². The molecule has 1 atom stereocenters. The first-order valence-electron chi connectivity index (χ1n) is 8.82. The number of halogens is 2. The Balaban J connectivity index is 1.70. The highest BCUT2D eigenvalue weighted by Gasteiger charge is 2.42. The van der Waals surface area contributed by atoms with E-state index in [2.05, 4.69) is 16.0 Å². The molecule has 2 aromatic carbocycles. The Morgan fingerprint density at radius 1 is 1.04 bits per heavy atom. The minimum atomic E-state index is -0.727. The maximum atomic E-state index is 12.4. The lowest BCUT2D eigenvalue weighted by Crippen LogP contribution is -2.51. The van der Waals surface area contributed by atoms with E-state index in [9.17, 15) is 14.4 Å². The molecule has 4 amide bonds. The summed E-state index contributed by atoms with van der Waals surface area (Å²) >= 11 is 11.8. The lowest BCUT2D eigenvalue weighted by Gasteiger charge is -2.35. The van der Waals surface area contributed by atoms with Crippen LogP contribution in [0.2, 0.25) is 10.0 Å². The largest absolute Gasteiger partial charge is 0.323 e. The van der Waals surface area contributed by atoms with Gasteiger partial charge in [0.1, 0.15) is 0 Å². The minimum absolute atomic E-state index is 0.244. The molecule has 8 heteroatoms. The second-order valence-electron chi connectivity index (χ2n) is 6.60. The number of carbonyl (C=O) groups excluding carboxylic acids is 3. The highest BCUT2D eigenvalue weighted by molar-refractivity contribution is 6.42. The molecule has 1 heterocycles. The number of imide groups is 1. The van der Waals surface area contributed by atoms with Gasteiger partial charge in [-0.15, -0.1) is 0 Å². The predicted octanol–water partition coefficient (Wildman–Crippen LogP) is 4.72. The van der Waals surface area contributed by atoms with Crippen LogP contribution in [0.15, 0.2) is 42.5 Å². The maximum absolute atomic E-state index is 12.4. The Bertz CT molecular complexity index is 931. The van der Waals surface area contributed by atoms with E-state index in [1.54, 1.807) is 42.5 Å². The summed E-state index contributed by atoms with van der Waals surface area (Å²) in [5.74, 6) is -0.518. The number of carbonyl (C=O) groups is 3. The highest BCUT2D eigenvalue weighted by Crippen LogP contribution is 2.36. The molecule has 1 saturated heterocycles. The zero-order valence-corrected chi connectivity index (χ0v) is 16.7. The molecule has 1 fully saturated rings. The van der Waals surface area contributed by atoms with Gasteiger partial charge >= 0.3 is 6.03 Å². The molecule has 146 valence electrons. The third-order valence-electron chi connectivity index (χ3n) is 4.94. The monoisotopic (exact) mass is 419 g/mol. The molecule has 0 bridgehead atoms. The molecular formula is C20H19Cl2N3O3. The Hall–Kier alpha value is -2.57. The molecule has 6 nitrogen and oxygen atoms in total. The van der Waals surface area contributed by atoms with Crippen LogP contribution < -0.4 is 16.0 Å². The van der Waals surface area contributed by atoms with E-state index in [-0.39, 0.29) is 11.8 Å². The Morgan fingerprint density at radius 3 is 2.29 bits per heavy atom. The summed E-state index contributed by atoms with van der Waals surface area (Å²) in [6, 6.07) is 11.4. The minimum Gasteiger partial charge on any atom is -0.308 e. The normalized spacial score (nSPS) is 19.1. The standard InChI is InChI=1S/C20H19Cl2N3O3/c1-2-20(10-9-17(26)25-18(20)27)12-3-5-13(6-4-12)23-19(28)24-14-7-8-15(21)16(22)11-14/h3-8,11H,2,9-10H2,1H3,(H2,23,24,28)(H,25,26,27). The van der Waals surface area contributed by atoms with Gasteiger partial charge in [-0.3, -0.25) is 14.9 Å². The molecule has 28 heavy (non-hydrogen) atoms. The van der Waals surface area contributed by atoms with Crippen molar-refractivity contribution < 1.29 is 14.4 Å². The molecule has 0 aliphatic carbocycles. The average Bonchev–Trinajstić information content (AvgIpc) is 2.66. The second kappa shape index (κ2) is 8.20. The molecular weight excluding hydrogens is 401 g/mol. The number of piperidine rings is 1. The van der Waals surface area contributed by atoms with E-state index in [0.717, 1.165) is 5.56 Å². The first kappa shape index (κ1) is 20.2. The number of urea groups is 1. The lowest BCUT2D eigenvalue weighted by atomic mass is 9.72. The van der Waals surface area contributed by atoms with Crippen molar-refractivity contribution in [1.29, 1.82) is 0 Å². The van der Waals surface area contributed by atoms with Crippen LogP contribution in [0.25, 0.3) is 0 Å². The number of nitrogens with one attached hydrogen (secondary N) is 3. The van der Waals surface area contributed by atoms with Gasteiger partial charge in [0.25, 0.3) is 0 Å². The van der Waals surface area contributed by atoms with Gasteiger partial charge in [-0.2, -0.15) is 0 Å².